The van der Waals surface area contributed by atoms with Gasteiger partial charge in [-0.1, -0.05) is 43.3 Å². The van der Waals surface area contributed by atoms with Crippen molar-refractivity contribution in [3.8, 4) is 23.1 Å². The van der Waals surface area contributed by atoms with Gasteiger partial charge in [-0.25, -0.2) is 4.98 Å². The number of nitrogens with zero attached hydrogens (tertiary/aromatic N) is 2. The first-order chi connectivity index (χ1) is 15.7. The molecule has 3 rings (SSSR count). The molecule has 0 saturated carbocycles. The number of para-hydroxylation sites is 3. The lowest BCUT2D eigenvalue weighted by Crippen LogP contribution is -2.36. The molecule has 0 radical (unpaired) electrons. The number of hydrogen-bond donors (Lipinski definition) is 2. The van der Waals surface area contributed by atoms with Crippen molar-refractivity contribution in [1.82, 2.24) is 15.6 Å². The predicted molar refractivity (Wildman–Crippen MR) is 127 cm³/mol. The van der Waals surface area contributed by atoms with E-state index in [-0.39, 0.29) is 0 Å². The minimum absolute atomic E-state index is 0.493. The molecule has 2 aromatic carbocycles. The summed E-state index contributed by atoms with van der Waals surface area (Å²) in [5.74, 6) is 3.36. The third-order valence-corrected chi connectivity index (χ3v) is 4.68. The van der Waals surface area contributed by atoms with Crippen LogP contribution in [0.5, 0.6) is 23.1 Å². The summed E-state index contributed by atoms with van der Waals surface area (Å²) in [6.07, 6.45) is 2.64. The summed E-state index contributed by atoms with van der Waals surface area (Å²) in [7, 11) is 3.40. The van der Waals surface area contributed by atoms with Crippen molar-refractivity contribution in [3.05, 3.63) is 78.0 Å². The van der Waals surface area contributed by atoms with E-state index in [0.717, 1.165) is 23.3 Å². The molecule has 2 N–H and O–H groups in total. The number of aromatic nitrogens is 1. The molecule has 0 atom stereocenters. The lowest BCUT2D eigenvalue weighted by atomic mass is 10.2. The minimum Gasteiger partial charge on any atom is -0.496 e. The van der Waals surface area contributed by atoms with Crippen molar-refractivity contribution < 1.29 is 14.2 Å². The molecule has 0 aliphatic carbocycles. The van der Waals surface area contributed by atoms with Gasteiger partial charge in [0.25, 0.3) is 0 Å². The Hall–Kier alpha value is -3.74. The third kappa shape index (κ3) is 6.38. The average molecular weight is 435 g/mol. The first-order valence-electron chi connectivity index (χ1n) is 10.6. The van der Waals surface area contributed by atoms with Gasteiger partial charge in [0, 0.05) is 37.5 Å². The summed E-state index contributed by atoms with van der Waals surface area (Å²) in [5.41, 5.74) is 1.95. The van der Waals surface area contributed by atoms with Crippen LogP contribution in [0, 0.1) is 0 Å². The first kappa shape index (κ1) is 22.9. The van der Waals surface area contributed by atoms with Crippen molar-refractivity contribution in [2.75, 3.05) is 20.8 Å². The van der Waals surface area contributed by atoms with Gasteiger partial charge in [-0.05, 0) is 30.7 Å². The van der Waals surface area contributed by atoms with Gasteiger partial charge >= 0.3 is 0 Å². The monoisotopic (exact) mass is 434 g/mol. The molecule has 1 aromatic heterocycles. The van der Waals surface area contributed by atoms with Gasteiger partial charge in [-0.15, -0.1) is 0 Å². The van der Waals surface area contributed by atoms with Crippen LogP contribution in [-0.2, 0) is 13.1 Å². The number of nitrogens with one attached hydrogen (secondary N) is 2. The molecule has 32 heavy (non-hydrogen) atoms. The van der Waals surface area contributed by atoms with E-state index in [1.54, 1.807) is 20.4 Å². The minimum atomic E-state index is 0.493. The molecule has 3 aromatic rings. The predicted octanol–water partition coefficient (Wildman–Crippen LogP) is 4.54. The van der Waals surface area contributed by atoms with Crippen LogP contribution in [0.15, 0.2) is 71.9 Å². The molecule has 0 aliphatic heterocycles. The van der Waals surface area contributed by atoms with Crippen LogP contribution < -0.4 is 24.8 Å². The quantitative estimate of drug-likeness (QED) is 0.360. The zero-order valence-electron chi connectivity index (χ0n) is 18.8. The standard InChI is InChI=1S/C25H30N4O3/c1-4-16-31-22-13-7-8-14-23(22)32-24-20(11-9-15-27-24)18-29-25(26-2)28-17-19-10-5-6-12-21(19)30-3/h5-15H,4,16-18H2,1-3H3,(H2,26,28,29). The van der Waals surface area contributed by atoms with Crippen molar-refractivity contribution in [2.24, 2.45) is 4.99 Å². The molecular weight excluding hydrogens is 404 g/mol. The Morgan fingerprint density at radius 2 is 1.53 bits per heavy atom. The Kier molecular flexibility index (Phi) is 8.74. The molecule has 0 unspecified atom stereocenters. The second kappa shape index (κ2) is 12.2. The molecule has 1 heterocycles. The van der Waals surface area contributed by atoms with Crippen molar-refractivity contribution in [3.63, 3.8) is 0 Å². The van der Waals surface area contributed by atoms with E-state index in [2.05, 4.69) is 27.5 Å². The molecule has 7 heteroatoms. The smallest absolute Gasteiger partial charge is 0.224 e. The number of aliphatic imine (C=N–C) groups is 1. The summed E-state index contributed by atoms with van der Waals surface area (Å²) in [6.45, 7) is 3.78. The summed E-state index contributed by atoms with van der Waals surface area (Å²) < 4.78 is 17.3. The second-order valence-electron chi connectivity index (χ2n) is 6.96. The van der Waals surface area contributed by atoms with E-state index in [1.807, 2.05) is 60.7 Å². The summed E-state index contributed by atoms with van der Waals surface area (Å²) in [4.78, 5) is 8.73. The van der Waals surface area contributed by atoms with Crippen LogP contribution in [0.25, 0.3) is 0 Å². The van der Waals surface area contributed by atoms with E-state index in [4.69, 9.17) is 14.2 Å². The molecule has 0 spiro atoms. The zero-order chi connectivity index (χ0) is 22.6. The fraction of sp³-hybridized carbons (Fsp3) is 0.280. The maximum atomic E-state index is 6.11. The lowest BCUT2D eigenvalue weighted by Gasteiger charge is -2.16. The van der Waals surface area contributed by atoms with Crippen molar-refractivity contribution in [2.45, 2.75) is 26.4 Å². The molecule has 0 bridgehead atoms. The van der Waals surface area contributed by atoms with Gasteiger partial charge in [-0.3, -0.25) is 4.99 Å². The van der Waals surface area contributed by atoms with E-state index in [1.165, 1.54) is 0 Å². The Morgan fingerprint density at radius 3 is 2.25 bits per heavy atom. The van der Waals surface area contributed by atoms with E-state index in [9.17, 15) is 0 Å². The number of pyridine rings is 1. The third-order valence-electron chi connectivity index (χ3n) is 4.68. The van der Waals surface area contributed by atoms with Gasteiger partial charge in [0.2, 0.25) is 5.88 Å². The summed E-state index contributed by atoms with van der Waals surface area (Å²) >= 11 is 0. The van der Waals surface area contributed by atoms with Crippen LogP contribution in [0.4, 0.5) is 0 Å². The largest absolute Gasteiger partial charge is 0.496 e. The van der Waals surface area contributed by atoms with Crippen molar-refractivity contribution >= 4 is 5.96 Å². The topological polar surface area (TPSA) is 77.0 Å². The lowest BCUT2D eigenvalue weighted by molar-refractivity contribution is 0.300. The normalized spacial score (nSPS) is 11.0. The maximum Gasteiger partial charge on any atom is 0.224 e. The number of benzene rings is 2. The van der Waals surface area contributed by atoms with E-state index in [0.29, 0.717) is 43.0 Å². The number of ether oxygens (including phenoxy) is 3. The average Bonchev–Trinajstić information content (AvgIpc) is 2.84. The second-order valence-corrected chi connectivity index (χ2v) is 6.96. The van der Waals surface area contributed by atoms with Gasteiger partial charge in [-0.2, -0.15) is 0 Å². The summed E-state index contributed by atoms with van der Waals surface area (Å²) in [6, 6.07) is 19.4. The Bertz CT molecular complexity index is 1020. The molecule has 168 valence electrons. The SMILES string of the molecule is CCCOc1ccccc1Oc1ncccc1CNC(=NC)NCc1ccccc1OC. The van der Waals surface area contributed by atoms with Gasteiger partial charge in [0.05, 0.1) is 13.7 Å². The highest BCUT2D eigenvalue weighted by Gasteiger charge is 2.11. The van der Waals surface area contributed by atoms with Crippen LogP contribution in [-0.4, -0.2) is 31.7 Å². The zero-order valence-corrected chi connectivity index (χ0v) is 18.8. The highest BCUT2D eigenvalue weighted by atomic mass is 16.5. The van der Waals surface area contributed by atoms with Crippen LogP contribution in [0.2, 0.25) is 0 Å². The first-order valence-corrected chi connectivity index (χ1v) is 10.6. The number of hydrogen-bond acceptors (Lipinski definition) is 5. The fourth-order valence-electron chi connectivity index (χ4n) is 3.05. The molecule has 0 amide bonds. The number of guanidine groups is 1. The molecule has 0 aliphatic rings. The highest BCUT2D eigenvalue weighted by Crippen LogP contribution is 2.31. The van der Waals surface area contributed by atoms with E-state index >= 15 is 0 Å². The van der Waals surface area contributed by atoms with Gasteiger partial charge in [0.15, 0.2) is 17.5 Å². The number of methoxy groups -OCH3 is 1. The molecule has 0 fully saturated rings. The summed E-state index contributed by atoms with van der Waals surface area (Å²) in [5, 5.41) is 6.63. The van der Waals surface area contributed by atoms with Gasteiger partial charge in [0.1, 0.15) is 5.75 Å². The van der Waals surface area contributed by atoms with Crippen LogP contribution in [0.3, 0.4) is 0 Å². The molecule has 0 saturated heterocycles. The Labute approximate surface area is 189 Å². The maximum absolute atomic E-state index is 6.11. The molecular formula is C25H30N4O3. The Balaban J connectivity index is 1.65. The van der Waals surface area contributed by atoms with Crippen LogP contribution >= 0.6 is 0 Å². The van der Waals surface area contributed by atoms with E-state index < -0.39 is 0 Å². The number of rotatable bonds is 10. The molecule has 7 nitrogen and oxygen atoms in total. The highest BCUT2D eigenvalue weighted by molar-refractivity contribution is 5.79. The Morgan fingerprint density at radius 1 is 0.875 bits per heavy atom. The van der Waals surface area contributed by atoms with Crippen molar-refractivity contribution in [1.29, 1.82) is 0 Å². The van der Waals surface area contributed by atoms with Gasteiger partial charge < -0.3 is 24.8 Å². The fourth-order valence-corrected chi connectivity index (χ4v) is 3.05. The van der Waals surface area contributed by atoms with Crippen LogP contribution in [0.1, 0.15) is 24.5 Å².